The lowest BCUT2D eigenvalue weighted by atomic mass is 10.3. The van der Waals surface area contributed by atoms with Crippen LogP contribution in [0.5, 0.6) is 0 Å². The minimum Gasteiger partial charge on any atom is -0.273 e. The van der Waals surface area contributed by atoms with E-state index in [4.69, 9.17) is 0 Å². The summed E-state index contributed by atoms with van der Waals surface area (Å²) in [5.41, 5.74) is 5.13. The fourth-order valence-electron chi connectivity index (χ4n) is 1.13. The Bertz CT molecular complexity index is 509. The molecular weight excluding hydrogens is 222 g/mol. The molecule has 0 unspecified atom stereocenters. The molecule has 7 heteroatoms. The number of hydrazine groups is 1. The fraction of sp³-hybridized carbons (Fsp3) is 0. The molecule has 2 rings (SSSR count). The molecule has 17 heavy (non-hydrogen) atoms. The van der Waals surface area contributed by atoms with Crippen molar-refractivity contribution in [2.75, 3.05) is 0 Å². The summed E-state index contributed by atoms with van der Waals surface area (Å²) >= 11 is 0. The van der Waals surface area contributed by atoms with Crippen molar-refractivity contribution in [1.82, 2.24) is 26.0 Å². The molecule has 2 aromatic rings. The summed E-state index contributed by atoms with van der Waals surface area (Å²) in [6.07, 6.45) is 4.40. The van der Waals surface area contributed by atoms with E-state index in [2.05, 4.69) is 26.0 Å². The molecule has 0 saturated carbocycles. The SMILES string of the molecule is O=C(NNC(=O)c1ccn[nH]1)c1cccnc1. The summed E-state index contributed by atoms with van der Waals surface area (Å²) < 4.78 is 0. The van der Waals surface area contributed by atoms with Crippen LogP contribution in [0.2, 0.25) is 0 Å². The zero-order chi connectivity index (χ0) is 12.1. The molecule has 0 fully saturated rings. The van der Waals surface area contributed by atoms with Crippen molar-refractivity contribution >= 4 is 11.8 Å². The molecular formula is C10H9N5O2. The van der Waals surface area contributed by atoms with Crippen LogP contribution in [0.1, 0.15) is 20.8 Å². The van der Waals surface area contributed by atoms with Crippen LogP contribution in [-0.2, 0) is 0 Å². The van der Waals surface area contributed by atoms with Gasteiger partial charge in [0.15, 0.2) is 0 Å². The monoisotopic (exact) mass is 231 g/mol. The zero-order valence-corrected chi connectivity index (χ0v) is 8.68. The summed E-state index contributed by atoms with van der Waals surface area (Å²) in [5.74, 6) is -0.911. The van der Waals surface area contributed by atoms with Crippen LogP contribution in [0, 0.1) is 0 Å². The lowest BCUT2D eigenvalue weighted by Gasteiger charge is -2.05. The second kappa shape index (κ2) is 4.88. The molecule has 2 aromatic heterocycles. The Balaban J connectivity index is 1.91. The van der Waals surface area contributed by atoms with Crippen molar-refractivity contribution < 1.29 is 9.59 Å². The van der Waals surface area contributed by atoms with Crippen LogP contribution in [-0.4, -0.2) is 27.0 Å². The van der Waals surface area contributed by atoms with Gasteiger partial charge >= 0.3 is 0 Å². The van der Waals surface area contributed by atoms with E-state index in [9.17, 15) is 9.59 Å². The van der Waals surface area contributed by atoms with E-state index in [1.165, 1.54) is 18.5 Å². The number of hydrogen-bond donors (Lipinski definition) is 3. The van der Waals surface area contributed by atoms with E-state index in [1.54, 1.807) is 18.3 Å². The molecule has 86 valence electrons. The normalized spacial score (nSPS) is 9.65. The van der Waals surface area contributed by atoms with Gasteiger partial charge in [0, 0.05) is 18.6 Å². The van der Waals surface area contributed by atoms with Gasteiger partial charge in [-0.25, -0.2) is 0 Å². The Hall–Kier alpha value is -2.70. The van der Waals surface area contributed by atoms with Gasteiger partial charge in [-0.3, -0.25) is 30.5 Å². The standard InChI is InChI=1S/C10H9N5O2/c16-9(7-2-1-4-11-6-7)14-15-10(17)8-3-5-12-13-8/h1-6H,(H,12,13)(H,14,16)(H,15,17). The van der Waals surface area contributed by atoms with E-state index < -0.39 is 11.8 Å². The number of rotatable bonds is 2. The highest BCUT2D eigenvalue weighted by atomic mass is 16.2. The minimum atomic E-state index is -0.472. The highest BCUT2D eigenvalue weighted by Gasteiger charge is 2.09. The summed E-state index contributed by atoms with van der Waals surface area (Å²) in [6.45, 7) is 0. The van der Waals surface area contributed by atoms with Crippen LogP contribution in [0.3, 0.4) is 0 Å². The molecule has 0 saturated heterocycles. The van der Waals surface area contributed by atoms with Gasteiger partial charge < -0.3 is 0 Å². The first-order valence-electron chi connectivity index (χ1n) is 4.77. The summed E-state index contributed by atoms with van der Waals surface area (Å²) in [4.78, 5) is 26.7. The van der Waals surface area contributed by atoms with Gasteiger partial charge in [-0.2, -0.15) is 5.10 Å². The molecule has 0 atom stereocenters. The Morgan fingerprint density at radius 1 is 1.12 bits per heavy atom. The predicted molar refractivity (Wildman–Crippen MR) is 57.8 cm³/mol. The highest BCUT2D eigenvalue weighted by molar-refractivity contribution is 5.97. The quantitative estimate of drug-likeness (QED) is 0.627. The molecule has 0 aliphatic carbocycles. The topological polar surface area (TPSA) is 99.8 Å². The number of aromatic nitrogens is 3. The molecule has 0 aliphatic heterocycles. The molecule has 2 heterocycles. The number of H-pyrrole nitrogens is 1. The van der Waals surface area contributed by atoms with Gasteiger partial charge in [0.2, 0.25) is 0 Å². The summed E-state index contributed by atoms with van der Waals surface area (Å²) in [5, 5.41) is 6.09. The molecule has 7 nitrogen and oxygen atoms in total. The first-order valence-corrected chi connectivity index (χ1v) is 4.77. The first-order chi connectivity index (χ1) is 8.27. The summed E-state index contributed by atoms with van der Waals surface area (Å²) in [6, 6.07) is 4.71. The largest absolute Gasteiger partial charge is 0.287 e. The van der Waals surface area contributed by atoms with Gasteiger partial charge in [-0.05, 0) is 18.2 Å². The van der Waals surface area contributed by atoms with Crippen LogP contribution in [0.4, 0.5) is 0 Å². The number of carbonyl (C=O) groups excluding carboxylic acids is 2. The zero-order valence-electron chi connectivity index (χ0n) is 8.68. The van der Waals surface area contributed by atoms with E-state index >= 15 is 0 Å². The number of aromatic amines is 1. The number of pyridine rings is 1. The van der Waals surface area contributed by atoms with Gasteiger partial charge in [-0.1, -0.05) is 0 Å². The van der Waals surface area contributed by atoms with Crippen molar-refractivity contribution in [2.24, 2.45) is 0 Å². The molecule has 0 spiro atoms. The summed E-state index contributed by atoms with van der Waals surface area (Å²) in [7, 11) is 0. The third-order valence-corrected chi connectivity index (χ3v) is 1.96. The van der Waals surface area contributed by atoms with E-state index in [0.29, 0.717) is 5.56 Å². The van der Waals surface area contributed by atoms with Gasteiger partial charge in [-0.15, -0.1) is 0 Å². The van der Waals surface area contributed by atoms with Crippen molar-refractivity contribution in [3.8, 4) is 0 Å². The third kappa shape index (κ3) is 2.65. The number of amides is 2. The second-order valence-electron chi connectivity index (χ2n) is 3.12. The Labute approximate surface area is 96.2 Å². The van der Waals surface area contributed by atoms with E-state index in [-0.39, 0.29) is 5.69 Å². The molecule has 3 N–H and O–H groups in total. The molecule has 2 amide bonds. The Morgan fingerprint density at radius 3 is 2.59 bits per heavy atom. The predicted octanol–water partition coefficient (Wildman–Crippen LogP) is -0.121. The van der Waals surface area contributed by atoms with Crippen molar-refractivity contribution in [3.63, 3.8) is 0 Å². The van der Waals surface area contributed by atoms with Gasteiger partial charge in [0.05, 0.1) is 5.56 Å². The first kappa shape index (κ1) is 10.8. The van der Waals surface area contributed by atoms with Crippen LogP contribution < -0.4 is 10.9 Å². The minimum absolute atomic E-state index is 0.261. The van der Waals surface area contributed by atoms with Crippen LogP contribution in [0.15, 0.2) is 36.8 Å². The maximum Gasteiger partial charge on any atom is 0.287 e. The second-order valence-corrected chi connectivity index (χ2v) is 3.12. The number of hydrogen-bond acceptors (Lipinski definition) is 4. The maximum absolute atomic E-state index is 11.5. The Kier molecular flexibility index (Phi) is 3.10. The third-order valence-electron chi connectivity index (χ3n) is 1.96. The molecule has 0 aliphatic rings. The van der Waals surface area contributed by atoms with Crippen LogP contribution >= 0.6 is 0 Å². The molecule has 0 aromatic carbocycles. The smallest absolute Gasteiger partial charge is 0.273 e. The fourth-order valence-corrected chi connectivity index (χ4v) is 1.13. The number of nitrogens with zero attached hydrogens (tertiary/aromatic N) is 2. The van der Waals surface area contributed by atoms with Crippen LogP contribution in [0.25, 0.3) is 0 Å². The van der Waals surface area contributed by atoms with Crippen molar-refractivity contribution in [3.05, 3.63) is 48.0 Å². The van der Waals surface area contributed by atoms with Gasteiger partial charge in [0.1, 0.15) is 5.69 Å². The Morgan fingerprint density at radius 2 is 1.94 bits per heavy atom. The lowest BCUT2D eigenvalue weighted by molar-refractivity contribution is 0.0843. The van der Waals surface area contributed by atoms with Crippen molar-refractivity contribution in [2.45, 2.75) is 0 Å². The maximum atomic E-state index is 11.5. The molecule has 0 radical (unpaired) electrons. The number of carbonyl (C=O) groups is 2. The molecule has 0 bridgehead atoms. The van der Waals surface area contributed by atoms with E-state index in [1.807, 2.05) is 0 Å². The average molecular weight is 231 g/mol. The average Bonchev–Trinajstić information content (AvgIpc) is 2.90. The van der Waals surface area contributed by atoms with Gasteiger partial charge in [0.25, 0.3) is 11.8 Å². The highest BCUT2D eigenvalue weighted by Crippen LogP contribution is 1.94. The lowest BCUT2D eigenvalue weighted by Crippen LogP contribution is -2.41. The number of nitrogens with one attached hydrogen (secondary N) is 3. The van der Waals surface area contributed by atoms with Crippen molar-refractivity contribution in [1.29, 1.82) is 0 Å². The van der Waals surface area contributed by atoms with E-state index in [0.717, 1.165) is 0 Å².